The molecule has 1 N–H and O–H groups in total. The average molecular weight is 282 g/mol. The van der Waals surface area contributed by atoms with Crippen molar-refractivity contribution in [2.45, 2.75) is 51.8 Å². The maximum Gasteiger partial charge on any atom is 0.317 e. The summed E-state index contributed by atoms with van der Waals surface area (Å²) in [5.41, 5.74) is -0.252. The van der Waals surface area contributed by atoms with E-state index in [-0.39, 0.29) is 23.7 Å². The molecule has 2 atom stereocenters. The van der Waals surface area contributed by atoms with Crippen LogP contribution in [0.25, 0.3) is 0 Å². The van der Waals surface area contributed by atoms with Gasteiger partial charge in [0.2, 0.25) is 0 Å². The molecule has 0 spiro atoms. The first-order chi connectivity index (χ1) is 9.26. The van der Waals surface area contributed by atoms with Gasteiger partial charge in [-0.25, -0.2) is 4.79 Å². The van der Waals surface area contributed by atoms with Gasteiger partial charge in [0.05, 0.1) is 17.9 Å². The van der Waals surface area contributed by atoms with Crippen LogP contribution in [0.1, 0.15) is 45.9 Å². The highest BCUT2D eigenvalue weighted by molar-refractivity contribution is 5.74. The molecule has 0 saturated carbocycles. The fraction of sp³-hybridized carbons (Fsp3) is 0.667. The summed E-state index contributed by atoms with van der Waals surface area (Å²) in [7, 11) is 3.44. The minimum atomic E-state index is -0.252. The van der Waals surface area contributed by atoms with Crippen molar-refractivity contribution in [3.8, 4) is 0 Å². The number of furan rings is 1. The highest BCUT2D eigenvalue weighted by atomic mass is 16.5. The van der Waals surface area contributed by atoms with Crippen LogP contribution in [0.2, 0.25) is 0 Å². The van der Waals surface area contributed by atoms with Crippen LogP contribution in [-0.2, 0) is 4.74 Å². The summed E-state index contributed by atoms with van der Waals surface area (Å²) in [5.74, 6) is 0.771. The molecule has 0 radical (unpaired) electrons. The zero-order chi connectivity index (χ0) is 15.3. The molecule has 1 rings (SSSR count). The number of methoxy groups -OCH3 is 1. The van der Waals surface area contributed by atoms with E-state index in [1.54, 1.807) is 25.3 Å². The van der Waals surface area contributed by atoms with E-state index in [1.807, 2.05) is 39.8 Å². The molecule has 1 aromatic heterocycles. The second-order valence-electron chi connectivity index (χ2n) is 5.82. The Morgan fingerprint density at radius 1 is 1.50 bits per heavy atom. The van der Waals surface area contributed by atoms with Gasteiger partial charge >= 0.3 is 6.03 Å². The number of hydrogen-bond acceptors (Lipinski definition) is 3. The first kappa shape index (κ1) is 16.6. The largest absolute Gasteiger partial charge is 0.467 e. The number of carbonyl (C=O) groups excluding carboxylic acids is 1. The van der Waals surface area contributed by atoms with E-state index in [4.69, 9.17) is 9.15 Å². The Bertz CT molecular complexity index is 415. The Balaban J connectivity index is 2.53. The summed E-state index contributed by atoms with van der Waals surface area (Å²) in [5, 5.41) is 2.98. The van der Waals surface area contributed by atoms with Crippen molar-refractivity contribution >= 4 is 6.03 Å². The summed E-state index contributed by atoms with van der Waals surface area (Å²) >= 11 is 0. The van der Waals surface area contributed by atoms with E-state index in [2.05, 4.69) is 5.32 Å². The number of amides is 2. The van der Waals surface area contributed by atoms with E-state index in [0.717, 1.165) is 12.2 Å². The lowest BCUT2D eigenvalue weighted by molar-refractivity contribution is 0.00909. The van der Waals surface area contributed by atoms with Crippen LogP contribution in [0.4, 0.5) is 4.79 Å². The molecule has 0 bridgehead atoms. The first-order valence-electron chi connectivity index (χ1n) is 6.88. The molecule has 20 heavy (non-hydrogen) atoms. The second-order valence-corrected chi connectivity index (χ2v) is 5.82. The standard InChI is InChI=1S/C15H26N2O3/c1-11(10-15(3,4)19-6)16-14(18)17(5)12(2)13-8-7-9-20-13/h7-9,11-12H,10H2,1-6H3,(H,16,18)/t11-,12+/m0/s1. The maximum absolute atomic E-state index is 12.2. The van der Waals surface area contributed by atoms with Gasteiger partial charge in [-0.15, -0.1) is 0 Å². The van der Waals surface area contributed by atoms with Crippen molar-refractivity contribution in [2.24, 2.45) is 0 Å². The van der Waals surface area contributed by atoms with Crippen LogP contribution in [0.3, 0.4) is 0 Å². The monoisotopic (exact) mass is 282 g/mol. The summed E-state index contributed by atoms with van der Waals surface area (Å²) in [6.07, 6.45) is 2.36. The van der Waals surface area contributed by atoms with Crippen molar-refractivity contribution in [2.75, 3.05) is 14.2 Å². The van der Waals surface area contributed by atoms with Gasteiger partial charge in [-0.1, -0.05) is 0 Å². The number of nitrogens with zero attached hydrogens (tertiary/aromatic N) is 1. The third-order valence-electron chi connectivity index (χ3n) is 3.58. The van der Waals surface area contributed by atoms with Gasteiger partial charge in [0.15, 0.2) is 0 Å². The molecule has 1 aromatic rings. The van der Waals surface area contributed by atoms with E-state index in [9.17, 15) is 4.79 Å². The van der Waals surface area contributed by atoms with Gasteiger partial charge in [-0.05, 0) is 46.2 Å². The third kappa shape index (κ3) is 4.56. The van der Waals surface area contributed by atoms with Crippen molar-refractivity contribution in [3.63, 3.8) is 0 Å². The van der Waals surface area contributed by atoms with Crippen molar-refractivity contribution in [1.29, 1.82) is 0 Å². The summed E-state index contributed by atoms with van der Waals surface area (Å²) in [6, 6.07) is 3.50. The zero-order valence-corrected chi connectivity index (χ0v) is 13.3. The number of urea groups is 1. The van der Waals surface area contributed by atoms with Crippen molar-refractivity contribution in [3.05, 3.63) is 24.2 Å². The van der Waals surface area contributed by atoms with Crippen molar-refractivity contribution < 1.29 is 13.9 Å². The minimum Gasteiger partial charge on any atom is -0.467 e. The molecule has 5 heteroatoms. The highest BCUT2D eigenvalue weighted by Gasteiger charge is 2.24. The number of nitrogens with one attached hydrogen (secondary N) is 1. The van der Waals surface area contributed by atoms with E-state index >= 15 is 0 Å². The van der Waals surface area contributed by atoms with Crippen LogP contribution >= 0.6 is 0 Å². The van der Waals surface area contributed by atoms with Gasteiger partial charge < -0.3 is 19.4 Å². The van der Waals surface area contributed by atoms with Gasteiger partial charge in [-0.2, -0.15) is 0 Å². The molecule has 5 nitrogen and oxygen atoms in total. The molecule has 0 saturated heterocycles. The predicted molar refractivity (Wildman–Crippen MR) is 78.6 cm³/mol. The number of carbonyl (C=O) groups is 1. The van der Waals surface area contributed by atoms with E-state index in [0.29, 0.717) is 0 Å². The molecule has 0 fully saturated rings. The molecular formula is C15H26N2O3. The molecular weight excluding hydrogens is 256 g/mol. The molecule has 0 aliphatic heterocycles. The first-order valence-corrected chi connectivity index (χ1v) is 6.88. The Morgan fingerprint density at radius 3 is 2.65 bits per heavy atom. The van der Waals surface area contributed by atoms with E-state index in [1.165, 1.54) is 0 Å². The topological polar surface area (TPSA) is 54.7 Å². The predicted octanol–water partition coefficient (Wildman–Crippen LogP) is 3.19. The summed E-state index contributed by atoms with van der Waals surface area (Å²) < 4.78 is 10.7. The average Bonchev–Trinajstić information content (AvgIpc) is 2.89. The molecule has 0 aliphatic carbocycles. The lowest BCUT2D eigenvalue weighted by Gasteiger charge is -2.30. The Labute approximate surface area is 121 Å². The van der Waals surface area contributed by atoms with Gasteiger partial charge in [-0.3, -0.25) is 0 Å². The molecule has 2 amide bonds. The normalized spacial score (nSPS) is 14.7. The van der Waals surface area contributed by atoms with Gasteiger partial charge in [0, 0.05) is 20.2 Å². The molecule has 0 unspecified atom stereocenters. The number of hydrogen-bond donors (Lipinski definition) is 1. The zero-order valence-electron chi connectivity index (χ0n) is 13.3. The molecule has 0 aliphatic rings. The highest BCUT2D eigenvalue weighted by Crippen LogP contribution is 2.20. The SMILES string of the molecule is COC(C)(C)C[C@H](C)NC(=O)N(C)[C@H](C)c1ccco1. The number of ether oxygens (including phenoxy) is 1. The van der Waals surface area contributed by atoms with Crippen LogP contribution in [0.5, 0.6) is 0 Å². The third-order valence-corrected chi connectivity index (χ3v) is 3.58. The lowest BCUT2D eigenvalue weighted by Crippen LogP contribution is -2.45. The number of rotatable bonds is 6. The Morgan fingerprint density at radius 2 is 2.15 bits per heavy atom. The molecule has 1 heterocycles. The van der Waals surface area contributed by atoms with Crippen LogP contribution in [0, 0.1) is 0 Å². The Hall–Kier alpha value is -1.49. The van der Waals surface area contributed by atoms with Crippen LogP contribution in [0.15, 0.2) is 22.8 Å². The molecule has 114 valence electrons. The minimum absolute atomic E-state index is 0.0312. The molecule has 0 aromatic carbocycles. The quantitative estimate of drug-likeness (QED) is 0.871. The smallest absolute Gasteiger partial charge is 0.317 e. The van der Waals surface area contributed by atoms with Crippen molar-refractivity contribution in [1.82, 2.24) is 10.2 Å². The van der Waals surface area contributed by atoms with E-state index < -0.39 is 0 Å². The van der Waals surface area contributed by atoms with Crippen LogP contribution in [-0.4, -0.2) is 36.7 Å². The second kappa shape index (κ2) is 6.79. The van der Waals surface area contributed by atoms with Gasteiger partial charge in [0.25, 0.3) is 0 Å². The fourth-order valence-corrected chi connectivity index (χ4v) is 2.08. The van der Waals surface area contributed by atoms with Gasteiger partial charge in [0.1, 0.15) is 5.76 Å². The Kier molecular flexibility index (Phi) is 5.62. The lowest BCUT2D eigenvalue weighted by atomic mass is 10.00. The van der Waals surface area contributed by atoms with Crippen LogP contribution < -0.4 is 5.32 Å². The summed E-state index contributed by atoms with van der Waals surface area (Å²) in [4.78, 5) is 13.8. The summed E-state index contributed by atoms with van der Waals surface area (Å²) in [6.45, 7) is 7.92. The maximum atomic E-state index is 12.2. The fourth-order valence-electron chi connectivity index (χ4n) is 2.08.